The predicted octanol–water partition coefficient (Wildman–Crippen LogP) is 2.58. The lowest BCUT2D eigenvalue weighted by molar-refractivity contribution is 0.483. The number of hydrogen-bond donors (Lipinski definition) is 1. The van der Waals surface area contributed by atoms with E-state index in [1.54, 1.807) is 0 Å². The molecule has 0 saturated carbocycles. The van der Waals surface area contributed by atoms with Gasteiger partial charge in [0.1, 0.15) is 0 Å². The molecule has 17 heavy (non-hydrogen) atoms. The van der Waals surface area contributed by atoms with Crippen molar-refractivity contribution in [3.63, 3.8) is 0 Å². The minimum absolute atomic E-state index is 0.290. The average Bonchev–Trinajstić information content (AvgIpc) is 2.53. The average molecular weight is 233 g/mol. The van der Waals surface area contributed by atoms with Crippen molar-refractivity contribution < 1.29 is 0 Å². The molecule has 0 saturated heterocycles. The zero-order chi connectivity index (χ0) is 13.0. The molecule has 3 nitrogen and oxygen atoms in total. The van der Waals surface area contributed by atoms with Crippen molar-refractivity contribution in [3.05, 3.63) is 17.0 Å². The second-order valence-corrected chi connectivity index (χ2v) is 4.60. The maximum atomic E-state index is 5.32. The second-order valence-electron chi connectivity index (χ2n) is 4.60. The van der Waals surface area contributed by atoms with Crippen LogP contribution in [0.3, 0.4) is 0 Å². The Morgan fingerprint density at radius 1 is 1.41 bits per heavy atom. The summed E-state index contributed by atoms with van der Waals surface area (Å²) in [4.78, 5) is 0. The largest absolute Gasteiger partial charge is 0.307 e. The summed E-state index contributed by atoms with van der Waals surface area (Å²) < 4.78 is 2.05. The number of nitrogens with one attached hydrogen (secondary N) is 1. The molecule has 1 rings (SSSR count). The van der Waals surface area contributed by atoms with Crippen molar-refractivity contribution in [2.24, 2.45) is 0 Å². The molecule has 1 N–H and O–H groups in total. The van der Waals surface area contributed by atoms with Crippen LogP contribution < -0.4 is 5.32 Å². The molecule has 0 fully saturated rings. The molecule has 0 spiro atoms. The Kier molecular flexibility index (Phi) is 4.77. The number of rotatable bonds is 5. The Labute approximate surface area is 105 Å². The molecule has 3 heteroatoms. The van der Waals surface area contributed by atoms with Crippen molar-refractivity contribution in [2.75, 3.05) is 0 Å². The third-order valence-electron chi connectivity index (χ3n) is 3.13. The van der Waals surface area contributed by atoms with Gasteiger partial charge in [0.05, 0.1) is 5.69 Å². The number of aryl methyl sites for hydroxylation is 2. The predicted molar refractivity (Wildman–Crippen MR) is 71.8 cm³/mol. The lowest BCUT2D eigenvalue weighted by Gasteiger charge is -2.19. The lowest BCUT2D eigenvalue weighted by Crippen LogP contribution is -2.29. The fraction of sp³-hybridized carbons (Fsp3) is 0.643. The van der Waals surface area contributed by atoms with Crippen molar-refractivity contribution in [1.29, 1.82) is 0 Å². The fourth-order valence-electron chi connectivity index (χ4n) is 2.39. The summed E-state index contributed by atoms with van der Waals surface area (Å²) in [7, 11) is 0. The molecule has 2 atom stereocenters. The van der Waals surface area contributed by atoms with Gasteiger partial charge in [0.25, 0.3) is 0 Å². The first-order valence-electron chi connectivity index (χ1n) is 6.24. The first-order chi connectivity index (χ1) is 8.01. The van der Waals surface area contributed by atoms with Crippen LogP contribution in [0.5, 0.6) is 0 Å². The van der Waals surface area contributed by atoms with E-state index in [0.717, 1.165) is 18.7 Å². The molecule has 0 aliphatic rings. The molecule has 0 radical (unpaired) electrons. The maximum absolute atomic E-state index is 5.32. The van der Waals surface area contributed by atoms with Gasteiger partial charge < -0.3 is 5.32 Å². The molecule has 1 aromatic heterocycles. The van der Waals surface area contributed by atoms with E-state index < -0.39 is 0 Å². The van der Waals surface area contributed by atoms with Gasteiger partial charge in [0.2, 0.25) is 0 Å². The van der Waals surface area contributed by atoms with Crippen molar-refractivity contribution in [1.82, 2.24) is 15.1 Å². The standard InChI is InChI=1S/C14H23N3/c1-7-9-10(3)15-11(4)14-12(5)16-17(8-2)13(14)6/h1,10-11,15H,8-9H2,2-6H3. The summed E-state index contributed by atoms with van der Waals surface area (Å²) in [5.41, 5.74) is 3.66. The van der Waals surface area contributed by atoms with E-state index in [0.29, 0.717) is 12.1 Å². The molecule has 0 aliphatic carbocycles. The van der Waals surface area contributed by atoms with Crippen molar-refractivity contribution in [2.45, 2.75) is 59.7 Å². The number of hydrogen-bond acceptors (Lipinski definition) is 2. The van der Waals surface area contributed by atoms with Gasteiger partial charge in [-0.3, -0.25) is 4.68 Å². The summed E-state index contributed by atoms with van der Waals surface area (Å²) >= 11 is 0. The summed E-state index contributed by atoms with van der Waals surface area (Å²) in [6.45, 7) is 11.5. The molecule has 1 heterocycles. The SMILES string of the molecule is C#CCC(C)NC(C)c1c(C)nn(CC)c1C. The van der Waals surface area contributed by atoms with Gasteiger partial charge in [0.15, 0.2) is 0 Å². The van der Waals surface area contributed by atoms with Crippen LogP contribution >= 0.6 is 0 Å². The molecule has 1 aromatic rings. The van der Waals surface area contributed by atoms with Crippen LogP contribution in [0, 0.1) is 26.2 Å². The van der Waals surface area contributed by atoms with Gasteiger partial charge in [-0.2, -0.15) is 5.10 Å². The van der Waals surface area contributed by atoms with E-state index in [4.69, 9.17) is 6.42 Å². The van der Waals surface area contributed by atoms with Gasteiger partial charge in [-0.1, -0.05) is 0 Å². The first-order valence-corrected chi connectivity index (χ1v) is 6.24. The fourth-order valence-corrected chi connectivity index (χ4v) is 2.39. The zero-order valence-corrected chi connectivity index (χ0v) is 11.5. The van der Waals surface area contributed by atoms with Gasteiger partial charge in [-0.15, -0.1) is 12.3 Å². The van der Waals surface area contributed by atoms with E-state index in [2.05, 4.69) is 55.6 Å². The molecular formula is C14H23N3. The molecule has 0 bridgehead atoms. The Balaban J connectivity index is 2.85. The smallest absolute Gasteiger partial charge is 0.0644 e. The molecule has 94 valence electrons. The van der Waals surface area contributed by atoms with Gasteiger partial charge in [-0.05, 0) is 34.6 Å². The van der Waals surface area contributed by atoms with E-state index in [-0.39, 0.29) is 0 Å². The maximum Gasteiger partial charge on any atom is 0.0644 e. The summed E-state index contributed by atoms with van der Waals surface area (Å²) in [6.07, 6.45) is 6.08. The highest BCUT2D eigenvalue weighted by Gasteiger charge is 2.17. The van der Waals surface area contributed by atoms with E-state index >= 15 is 0 Å². The van der Waals surface area contributed by atoms with Gasteiger partial charge in [0, 0.05) is 36.3 Å². The van der Waals surface area contributed by atoms with E-state index in [1.165, 1.54) is 11.3 Å². The minimum atomic E-state index is 0.290. The van der Waals surface area contributed by atoms with Crippen LogP contribution in [0.1, 0.15) is 50.2 Å². The molecule has 2 unspecified atom stereocenters. The van der Waals surface area contributed by atoms with Crippen molar-refractivity contribution in [3.8, 4) is 12.3 Å². The normalized spacial score (nSPS) is 14.4. The van der Waals surface area contributed by atoms with Crippen LogP contribution in [0.4, 0.5) is 0 Å². The van der Waals surface area contributed by atoms with E-state index in [1.807, 2.05) is 0 Å². The summed E-state index contributed by atoms with van der Waals surface area (Å²) in [5.74, 6) is 2.69. The molecule has 0 aliphatic heterocycles. The Hall–Kier alpha value is -1.27. The van der Waals surface area contributed by atoms with Crippen LogP contribution in [0.25, 0.3) is 0 Å². The monoisotopic (exact) mass is 233 g/mol. The highest BCUT2D eigenvalue weighted by Crippen LogP contribution is 2.21. The minimum Gasteiger partial charge on any atom is -0.307 e. The highest BCUT2D eigenvalue weighted by molar-refractivity contribution is 5.27. The topological polar surface area (TPSA) is 29.9 Å². The third-order valence-corrected chi connectivity index (χ3v) is 3.13. The first kappa shape index (κ1) is 13.8. The lowest BCUT2D eigenvalue weighted by atomic mass is 10.1. The summed E-state index contributed by atoms with van der Waals surface area (Å²) in [6, 6.07) is 0.623. The Morgan fingerprint density at radius 2 is 2.06 bits per heavy atom. The molecule has 0 amide bonds. The quantitative estimate of drug-likeness (QED) is 0.792. The van der Waals surface area contributed by atoms with E-state index in [9.17, 15) is 0 Å². The van der Waals surface area contributed by atoms with Crippen LogP contribution in [0.2, 0.25) is 0 Å². The van der Waals surface area contributed by atoms with Gasteiger partial charge >= 0.3 is 0 Å². The third kappa shape index (κ3) is 3.10. The van der Waals surface area contributed by atoms with Crippen LogP contribution in [-0.4, -0.2) is 15.8 Å². The van der Waals surface area contributed by atoms with Crippen LogP contribution in [-0.2, 0) is 6.54 Å². The Morgan fingerprint density at radius 3 is 2.53 bits per heavy atom. The van der Waals surface area contributed by atoms with Crippen LogP contribution in [0.15, 0.2) is 0 Å². The highest BCUT2D eigenvalue weighted by atomic mass is 15.3. The number of aromatic nitrogens is 2. The number of terminal acetylenes is 1. The van der Waals surface area contributed by atoms with Gasteiger partial charge in [-0.25, -0.2) is 0 Å². The molecule has 0 aromatic carbocycles. The second kappa shape index (κ2) is 5.88. The molecular weight excluding hydrogens is 210 g/mol. The van der Waals surface area contributed by atoms with Crippen molar-refractivity contribution >= 4 is 0 Å². The zero-order valence-electron chi connectivity index (χ0n) is 11.5. The summed E-state index contributed by atoms with van der Waals surface area (Å²) in [5, 5.41) is 8.06. The number of nitrogens with zero attached hydrogens (tertiary/aromatic N) is 2. The Bertz CT molecular complexity index is 412.